The first-order valence-electron chi connectivity index (χ1n) is 6.44. The van der Waals surface area contributed by atoms with Gasteiger partial charge in [0, 0.05) is 19.4 Å². The van der Waals surface area contributed by atoms with Crippen LogP contribution in [-0.2, 0) is 17.6 Å². The maximum atomic E-state index is 5.57. The number of aromatic nitrogens is 2. The Morgan fingerprint density at radius 2 is 2.12 bits per heavy atom. The largest absolute Gasteiger partial charge is 0.425 e. The quantitative estimate of drug-likeness (QED) is 0.776. The molecule has 0 unspecified atom stereocenters. The summed E-state index contributed by atoms with van der Waals surface area (Å²) in [4.78, 5) is 0. The summed E-state index contributed by atoms with van der Waals surface area (Å²) in [6.45, 7) is 3.51. The normalized spacial score (nSPS) is 23.6. The molecular formula is C12H21N3O2. The van der Waals surface area contributed by atoms with Gasteiger partial charge >= 0.3 is 0 Å². The summed E-state index contributed by atoms with van der Waals surface area (Å²) in [5.74, 6) is 2.12. The summed E-state index contributed by atoms with van der Waals surface area (Å²) < 4.78 is 11.1. The Balaban J connectivity index is 1.71. The molecule has 0 spiro atoms. The second-order valence-electron chi connectivity index (χ2n) is 4.60. The second-order valence-corrected chi connectivity index (χ2v) is 4.60. The van der Waals surface area contributed by atoms with Gasteiger partial charge < -0.3 is 14.9 Å². The summed E-state index contributed by atoms with van der Waals surface area (Å²) in [7, 11) is 0. The SMILES string of the molecule is CCOC1CC(Cc2nnc(CCCN)o2)C1. The van der Waals surface area contributed by atoms with Gasteiger partial charge in [-0.3, -0.25) is 0 Å². The van der Waals surface area contributed by atoms with Crippen LogP contribution in [0.15, 0.2) is 4.42 Å². The molecule has 2 rings (SSSR count). The molecule has 0 radical (unpaired) electrons. The van der Waals surface area contributed by atoms with Crippen LogP contribution in [0.1, 0.15) is 38.0 Å². The third-order valence-electron chi connectivity index (χ3n) is 3.16. The van der Waals surface area contributed by atoms with E-state index in [1.54, 1.807) is 0 Å². The van der Waals surface area contributed by atoms with Crippen molar-refractivity contribution in [2.45, 2.75) is 45.1 Å². The van der Waals surface area contributed by atoms with Crippen molar-refractivity contribution in [2.24, 2.45) is 11.7 Å². The molecule has 1 aromatic rings. The monoisotopic (exact) mass is 239 g/mol. The number of ether oxygens (including phenoxy) is 1. The van der Waals surface area contributed by atoms with Crippen LogP contribution in [0.2, 0.25) is 0 Å². The van der Waals surface area contributed by atoms with Gasteiger partial charge in [0.2, 0.25) is 11.8 Å². The van der Waals surface area contributed by atoms with Gasteiger partial charge in [0.1, 0.15) is 0 Å². The summed E-state index contributed by atoms with van der Waals surface area (Å²) in [6, 6.07) is 0. The van der Waals surface area contributed by atoms with Gasteiger partial charge in [0.05, 0.1) is 6.10 Å². The topological polar surface area (TPSA) is 74.2 Å². The first-order valence-corrected chi connectivity index (χ1v) is 6.44. The predicted octanol–water partition coefficient (Wildman–Crippen LogP) is 1.32. The van der Waals surface area contributed by atoms with Gasteiger partial charge in [-0.2, -0.15) is 0 Å². The van der Waals surface area contributed by atoms with Crippen molar-refractivity contribution in [2.75, 3.05) is 13.2 Å². The molecule has 5 heteroatoms. The van der Waals surface area contributed by atoms with E-state index < -0.39 is 0 Å². The lowest BCUT2D eigenvalue weighted by atomic mass is 9.80. The highest BCUT2D eigenvalue weighted by atomic mass is 16.5. The van der Waals surface area contributed by atoms with Crippen molar-refractivity contribution in [3.05, 3.63) is 11.8 Å². The summed E-state index contributed by atoms with van der Waals surface area (Å²) in [6.07, 6.45) is 5.26. The zero-order valence-electron chi connectivity index (χ0n) is 10.4. The third-order valence-corrected chi connectivity index (χ3v) is 3.16. The Morgan fingerprint density at radius 3 is 2.82 bits per heavy atom. The Hall–Kier alpha value is -0.940. The third kappa shape index (κ3) is 3.51. The molecule has 0 bridgehead atoms. The number of nitrogens with zero attached hydrogens (tertiary/aromatic N) is 2. The van der Waals surface area contributed by atoms with Crippen LogP contribution in [-0.4, -0.2) is 29.5 Å². The van der Waals surface area contributed by atoms with Gasteiger partial charge in [0.25, 0.3) is 0 Å². The average molecular weight is 239 g/mol. The molecular weight excluding hydrogens is 218 g/mol. The Labute approximate surface area is 102 Å². The lowest BCUT2D eigenvalue weighted by molar-refractivity contribution is -0.0255. The number of aryl methyl sites for hydroxylation is 1. The minimum atomic E-state index is 0.449. The minimum absolute atomic E-state index is 0.449. The number of rotatable bonds is 7. The molecule has 96 valence electrons. The van der Waals surface area contributed by atoms with Crippen LogP contribution >= 0.6 is 0 Å². The molecule has 0 saturated heterocycles. The molecule has 1 heterocycles. The highest BCUT2D eigenvalue weighted by molar-refractivity contribution is 4.90. The van der Waals surface area contributed by atoms with Gasteiger partial charge in [-0.1, -0.05) is 0 Å². The smallest absolute Gasteiger partial charge is 0.216 e. The average Bonchev–Trinajstić information content (AvgIpc) is 2.71. The summed E-state index contributed by atoms with van der Waals surface area (Å²) in [5.41, 5.74) is 5.43. The standard InChI is InChI=1S/C12H21N3O2/c1-2-16-10-6-9(7-10)8-12-15-14-11(17-12)4-3-5-13/h9-10H,2-8,13H2,1H3. The zero-order chi connectivity index (χ0) is 12.1. The van der Waals surface area contributed by atoms with E-state index in [0.717, 1.165) is 44.6 Å². The van der Waals surface area contributed by atoms with Crippen LogP contribution in [0.4, 0.5) is 0 Å². The van der Waals surface area contributed by atoms with Gasteiger partial charge in [-0.15, -0.1) is 10.2 Å². The van der Waals surface area contributed by atoms with Gasteiger partial charge in [-0.25, -0.2) is 0 Å². The highest BCUT2D eigenvalue weighted by Gasteiger charge is 2.30. The van der Waals surface area contributed by atoms with Crippen LogP contribution < -0.4 is 5.73 Å². The van der Waals surface area contributed by atoms with Crippen molar-refractivity contribution in [1.29, 1.82) is 0 Å². The molecule has 0 atom stereocenters. The van der Waals surface area contributed by atoms with E-state index in [1.165, 1.54) is 0 Å². The van der Waals surface area contributed by atoms with Crippen molar-refractivity contribution in [3.8, 4) is 0 Å². The van der Waals surface area contributed by atoms with Crippen LogP contribution in [0.3, 0.4) is 0 Å². The molecule has 1 aromatic heterocycles. The lowest BCUT2D eigenvalue weighted by Gasteiger charge is -2.33. The fourth-order valence-electron chi connectivity index (χ4n) is 2.19. The molecule has 17 heavy (non-hydrogen) atoms. The number of hydrogen-bond acceptors (Lipinski definition) is 5. The van der Waals surface area contributed by atoms with Gasteiger partial charge in [-0.05, 0) is 38.6 Å². The van der Waals surface area contributed by atoms with E-state index in [-0.39, 0.29) is 0 Å². The number of hydrogen-bond donors (Lipinski definition) is 1. The van der Waals surface area contributed by atoms with E-state index >= 15 is 0 Å². The molecule has 0 aliphatic heterocycles. The highest BCUT2D eigenvalue weighted by Crippen LogP contribution is 2.32. The van der Waals surface area contributed by atoms with Crippen molar-refractivity contribution >= 4 is 0 Å². The fraction of sp³-hybridized carbons (Fsp3) is 0.833. The lowest BCUT2D eigenvalue weighted by Crippen LogP contribution is -2.32. The minimum Gasteiger partial charge on any atom is -0.425 e. The summed E-state index contributed by atoms with van der Waals surface area (Å²) >= 11 is 0. The van der Waals surface area contributed by atoms with Crippen LogP contribution in [0.25, 0.3) is 0 Å². The Kier molecular flexibility index (Phi) is 4.50. The van der Waals surface area contributed by atoms with Gasteiger partial charge in [0.15, 0.2) is 0 Å². The molecule has 5 nitrogen and oxygen atoms in total. The molecule has 2 N–H and O–H groups in total. The van der Waals surface area contributed by atoms with Crippen molar-refractivity contribution in [3.63, 3.8) is 0 Å². The first kappa shape index (κ1) is 12.5. The summed E-state index contributed by atoms with van der Waals surface area (Å²) in [5, 5.41) is 8.08. The second kappa shape index (κ2) is 6.12. The van der Waals surface area contributed by atoms with Crippen LogP contribution in [0.5, 0.6) is 0 Å². The maximum Gasteiger partial charge on any atom is 0.216 e. The maximum absolute atomic E-state index is 5.57. The van der Waals surface area contributed by atoms with E-state index in [1.807, 2.05) is 6.92 Å². The molecule has 1 fully saturated rings. The zero-order valence-corrected chi connectivity index (χ0v) is 10.4. The Bertz CT molecular complexity index is 334. The van der Waals surface area contributed by atoms with Crippen LogP contribution in [0, 0.1) is 5.92 Å². The fourth-order valence-corrected chi connectivity index (χ4v) is 2.19. The van der Waals surface area contributed by atoms with E-state index in [0.29, 0.717) is 24.5 Å². The van der Waals surface area contributed by atoms with Crippen molar-refractivity contribution < 1.29 is 9.15 Å². The molecule has 1 aliphatic carbocycles. The molecule has 0 amide bonds. The number of nitrogens with two attached hydrogens (primary N) is 1. The predicted molar refractivity (Wildman–Crippen MR) is 63.5 cm³/mol. The van der Waals surface area contributed by atoms with E-state index in [4.69, 9.17) is 14.9 Å². The van der Waals surface area contributed by atoms with Crippen molar-refractivity contribution in [1.82, 2.24) is 10.2 Å². The van der Waals surface area contributed by atoms with E-state index in [9.17, 15) is 0 Å². The molecule has 1 saturated carbocycles. The first-order chi connectivity index (χ1) is 8.31. The van der Waals surface area contributed by atoms with E-state index in [2.05, 4.69) is 10.2 Å². The Morgan fingerprint density at radius 1 is 1.35 bits per heavy atom. The molecule has 1 aliphatic rings. The molecule has 0 aromatic carbocycles.